The van der Waals surface area contributed by atoms with Crippen LogP contribution in [0.5, 0.6) is 0 Å². The van der Waals surface area contributed by atoms with E-state index in [9.17, 15) is 13.2 Å². The van der Waals surface area contributed by atoms with Gasteiger partial charge in [-0.3, -0.25) is 0 Å². The van der Waals surface area contributed by atoms with Gasteiger partial charge in [0, 0.05) is 0 Å². The van der Waals surface area contributed by atoms with Crippen LogP contribution in [0.25, 0.3) is 0 Å². The molecule has 0 aliphatic rings. The minimum atomic E-state index is -3.10. The first-order valence-electron chi connectivity index (χ1n) is 4.46. The van der Waals surface area contributed by atoms with E-state index in [-0.39, 0.29) is 0 Å². The van der Waals surface area contributed by atoms with Crippen LogP contribution in [0.3, 0.4) is 0 Å². The molecule has 0 radical (unpaired) electrons. The summed E-state index contributed by atoms with van der Waals surface area (Å²) in [6.07, 6.45) is -0.972. The Kier molecular flexibility index (Phi) is 5.02. The predicted molar refractivity (Wildman–Crippen MR) is 54.9 cm³/mol. The van der Waals surface area contributed by atoms with Crippen LogP contribution in [0.15, 0.2) is 0 Å². The van der Waals surface area contributed by atoms with E-state index in [1.165, 1.54) is 6.92 Å². The fourth-order valence-corrected chi connectivity index (χ4v) is 1.36. The van der Waals surface area contributed by atoms with Gasteiger partial charge in [-0.05, 0) is 27.7 Å². The molecule has 0 unspecified atom stereocenters. The van der Waals surface area contributed by atoms with Crippen LogP contribution < -0.4 is 0 Å². The van der Waals surface area contributed by atoms with Gasteiger partial charge < -0.3 is 9.84 Å². The van der Waals surface area contributed by atoms with Crippen molar-refractivity contribution in [3.05, 3.63) is 0 Å². The summed E-state index contributed by atoms with van der Waals surface area (Å²) in [5.41, 5.74) is -0.768. The average Bonchev–Trinajstić information content (AvgIpc) is 1.99. The maximum atomic E-state index is 11.4. The third-order valence-electron chi connectivity index (χ3n) is 1.44. The van der Waals surface area contributed by atoms with Crippen LogP contribution in [0.1, 0.15) is 27.7 Å². The summed E-state index contributed by atoms with van der Waals surface area (Å²) in [7, 11) is -3.10. The van der Waals surface area contributed by atoms with Crippen LogP contribution in [0, 0.1) is 0 Å². The van der Waals surface area contributed by atoms with E-state index in [4.69, 9.17) is 9.84 Å². The van der Waals surface area contributed by atoms with Crippen LogP contribution in [-0.4, -0.2) is 42.2 Å². The van der Waals surface area contributed by atoms with Crippen molar-refractivity contribution in [2.45, 2.75) is 39.3 Å². The first kappa shape index (κ1) is 14.2. The van der Waals surface area contributed by atoms with Gasteiger partial charge >= 0.3 is 6.09 Å². The zero-order valence-corrected chi connectivity index (χ0v) is 10.2. The van der Waals surface area contributed by atoms with Gasteiger partial charge in [0.15, 0.2) is 0 Å². The van der Waals surface area contributed by atoms with Crippen LogP contribution >= 0.6 is 0 Å². The number of hydrogen-bond donors (Lipinski definition) is 2. The standard InChI is InChI=1S/C8H17NO5S/c1-6(5-10)9(15(12)13)7(11)14-8(2,3)4/h6,10,15H,5H2,1-4H3/t6-/m1/s1. The number of hydrogen-bond acceptors (Lipinski definition) is 5. The predicted octanol–water partition coefficient (Wildman–Crippen LogP) is 0.131. The lowest BCUT2D eigenvalue weighted by atomic mass is 10.2. The smallest absolute Gasteiger partial charge is 0.424 e. The third-order valence-corrected chi connectivity index (χ3v) is 2.35. The van der Waals surface area contributed by atoms with Gasteiger partial charge in [-0.15, -0.1) is 0 Å². The molecule has 0 aliphatic heterocycles. The zero-order valence-electron chi connectivity index (χ0n) is 9.26. The van der Waals surface area contributed by atoms with Gasteiger partial charge in [-0.1, -0.05) is 0 Å². The van der Waals surface area contributed by atoms with Gasteiger partial charge in [0.1, 0.15) is 5.60 Å². The number of amides is 1. The van der Waals surface area contributed by atoms with Crippen LogP contribution in [0.4, 0.5) is 4.79 Å². The first-order valence-corrected chi connectivity index (χ1v) is 5.59. The summed E-state index contributed by atoms with van der Waals surface area (Å²) in [5.74, 6) is 0. The van der Waals surface area contributed by atoms with E-state index in [0.717, 1.165) is 0 Å². The number of nitrogens with zero attached hydrogens (tertiary/aromatic N) is 1. The molecular weight excluding hydrogens is 222 g/mol. The van der Waals surface area contributed by atoms with Crippen LogP contribution in [-0.2, 0) is 15.6 Å². The summed E-state index contributed by atoms with van der Waals surface area (Å²) < 4.78 is 26.9. The monoisotopic (exact) mass is 239 g/mol. The van der Waals surface area contributed by atoms with Gasteiger partial charge in [-0.25, -0.2) is 17.5 Å². The lowest BCUT2D eigenvalue weighted by Gasteiger charge is -2.26. The number of rotatable bonds is 3. The molecule has 0 aromatic carbocycles. The zero-order chi connectivity index (χ0) is 12.2. The van der Waals surface area contributed by atoms with E-state index < -0.39 is 35.2 Å². The molecule has 0 saturated heterocycles. The highest BCUT2D eigenvalue weighted by Gasteiger charge is 2.27. The number of thiol groups is 1. The SMILES string of the molecule is C[C@H](CO)N(C(=O)OC(C)(C)C)[SH](=O)=O. The normalized spacial score (nSPS) is 13.7. The van der Waals surface area contributed by atoms with Crippen molar-refractivity contribution in [3.63, 3.8) is 0 Å². The first-order chi connectivity index (χ1) is 6.69. The fraction of sp³-hybridized carbons (Fsp3) is 0.875. The van der Waals surface area contributed by atoms with Gasteiger partial charge in [0.25, 0.3) is 0 Å². The van der Waals surface area contributed by atoms with Crippen molar-refractivity contribution in [2.75, 3.05) is 6.61 Å². The maximum Gasteiger partial charge on any atom is 0.424 e. The molecule has 0 heterocycles. The highest BCUT2D eigenvalue weighted by Crippen LogP contribution is 2.11. The Hall–Kier alpha value is -0.820. The highest BCUT2D eigenvalue weighted by molar-refractivity contribution is 7.70. The minimum Gasteiger partial charge on any atom is -0.443 e. The van der Waals surface area contributed by atoms with Crippen molar-refractivity contribution in [2.24, 2.45) is 0 Å². The quantitative estimate of drug-likeness (QED) is 0.684. The van der Waals surface area contributed by atoms with Gasteiger partial charge in [-0.2, -0.15) is 0 Å². The molecule has 1 atom stereocenters. The Balaban J connectivity index is 4.73. The highest BCUT2D eigenvalue weighted by atomic mass is 32.2. The molecule has 0 saturated carbocycles. The molecule has 0 spiro atoms. The Morgan fingerprint density at radius 3 is 2.20 bits per heavy atom. The summed E-state index contributed by atoms with van der Waals surface area (Å²) in [6.45, 7) is 5.86. The lowest BCUT2D eigenvalue weighted by Crippen LogP contribution is -2.42. The fourth-order valence-electron chi connectivity index (χ4n) is 0.794. The Labute approximate surface area is 90.9 Å². The Morgan fingerprint density at radius 2 is 1.93 bits per heavy atom. The molecule has 0 aromatic heterocycles. The molecule has 1 N–H and O–H groups in total. The molecule has 90 valence electrons. The molecule has 0 fully saturated rings. The van der Waals surface area contributed by atoms with Gasteiger partial charge in [0.05, 0.1) is 12.6 Å². The largest absolute Gasteiger partial charge is 0.443 e. The third kappa shape index (κ3) is 4.98. The molecule has 1 amide bonds. The van der Waals surface area contributed by atoms with Gasteiger partial charge in [0.2, 0.25) is 10.9 Å². The molecule has 7 heteroatoms. The second-order valence-corrected chi connectivity index (χ2v) is 5.00. The number of ether oxygens (including phenoxy) is 1. The van der Waals surface area contributed by atoms with Crippen molar-refractivity contribution < 1.29 is 23.1 Å². The van der Waals surface area contributed by atoms with E-state index in [1.807, 2.05) is 0 Å². The summed E-state index contributed by atoms with van der Waals surface area (Å²) in [5, 5.41) is 8.78. The van der Waals surface area contributed by atoms with Crippen molar-refractivity contribution in [1.29, 1.82) is 0 Å². The minimum absolute atomic E-state index is 0.442. The maximum absolute atomic E-state index is 11.4. The summed E-state index contributed by atoms with van der Waals surface area (Å²) in [4.78, 5) is 11.4. The topological polar surface area (TPSA) is 83.9 Å². The van der Waals surface area contributed by atoms with E-state index in [2.05, 4.69) is 0 Å². The molecule has 0 bridgehead atoms. The summed E-state index contributed by atoms with van der Waals surface area (Å²) in [6, 6.07) is -0.819. The summed E-state index contributed by atoms with van der Waals surface area (Å²) >= 11 is 0. The van der Waals surface area contributed by atoms with Crippen molar-refractivity contribution >= 4 is 17.0 Å². The van der Waals surface area contributed by atoms with E-state index in [1.54, 1.807) is 20.8 Å². The molecule has 0 aromatic rings. The Bertz CT molecular complexity index is 286. The van der Waals surface area contributed by atoms with Crippen molar-refractivity contribution in [3.8, 4) is 0 Å². The number of aliphatic hydroxyl groups is 1. The van der Waals surface area contributed by atoms with Crippen LogP contribution in [0.2, 0.25) is 0 Å². The molecule has 15 heavy (non-hydrogen) atoms. The molecule has 0 rings (SSSR count). The second kappa shape index (κ2) is 5.32. The number of aliphatic hydroxyl groups excluding tert-OH is 1. The Morgan fingerprint density at radius 1 is 1.47 bits per heavy atom. The second-order valence-electron chi connectivity index (χ2n) is 4.09. The molecular formula is C8H17NO5S. The van der Waals surface area contributed by atoms with E-state index >= 15 is 0 Å². The number of carbonyl (C=O) groups excluding carboxylic acids is 1. The number of carbonyl (C=O) groups is 1. The van der Waals surface area contributed by atoms with E-state index in [0.29, 0.717) is 4.31 Å². The molecule has 0 aliphatic carbocycles. The molecule has 6 nitrogen and oxygen atoms in total. The van der Waals surface area contributed by atoms with Crippen molar-refractivity contribution in [1.82, 2.24) is 4.31 Å². The average molecular weight is 239 g/mol. The lowest BCUT2D eigenvalue weighted by molar-refractivity contribution is 0.0315.